The molecule has 1 aromatic rings. The summed E-state index contributed by atoms with van der Waals surface area (Å²) in [5, 5.41) is 0. The number of hydrogen-bond acceptors (Lipinski definition) is 3. The molecule has 1 atom stereocenters. The lowest BCUT2D eigenvalue weighted by molar-refractivity contribution is 0.279. The normalized spacial score (nSPS) is 12.9. The molecule has 78 valence electrons. The van der Waals surface area contributed by atoms with Crippen molar-refractivity contribution < 1.29 is 4.74 Å². The molecule has 1 unspecified atom stereocenters. The van der Waals surface area contributed by atoms with Gasteiger partial charge in [0.25, 0.3) is 0 Å². The van der Waals surface area contributed by atoms with Crippen molar-refractivity contribution in [1.29, 1.82) is 0 Å². The largest absolute Gasteiger partial charge is 0.479 e. The van der Waals surface area contributed by atoms with Gasteiger partial charge in [0.05, 0.1) is 0 Å². The quantitative estimate of drug-likeness (QED) is 0.549. The van der Waals surface area contributed by atoms with Crippen LogP contribution in [0.3, 0.4) is 0 Å². The minimum Gasteiger partial charge on any atom is -0.479 e. The maximum absolute atomic E-state index is 5.80. The van der Waals surface area contributed by atoms with Crippen LogP contribution in [0.15, 0.2) is 30.3 Å². The van der Waals surface area contributed by atoms with Crippen LogP contribution >= 0.6 is 11.9 Å². The molecule has 2 nitrogen and oxygen atoms in total. The van der Waals surface area contributed by atoms with E-state index in [-0.39, 0.29) is 5.44 Å². The maximum atomic E-state index is 5.80. The van der Waals surface area contributed by atoms with E-state index in [9.17, 15) is 0 Å². The van der Waals surface area contributed by atoms with Crippen molar-refractivity contribution in [2.24, 2.45) is 0 Å². The molecule has 0 aliphatic heterocycles. The van der Waals surface area contributed by atoms with Gasteiger partial charge in [0.2, 0.25) is 0 Å². The van der Waals surface area contributed by atoms with E-state index in [0.29, 0.717) is 0 Å². The lowest BCUT2D eigenvalue weighted by atomic mass is 10.3. The van der Waals surface area contributed by atoms with Gasteiger partial charge in [-0.25, -0.2) is 0 Å². The Morgan fingerprint density at radius 1 is 1.29 bits per heavy atom. The third-order valence-corrected chi connectivity index (χ3v) is 2.76. The van der Waals surface area contributed by atoms with Crippen molar-refractivity contribution in [3.05, 3.63) is 30.3 Å². The molecule has 0 amide bonds. The average Bonchev–Trinajstić information content (AvgIpc) is 2.17. The standard InChI is InChI=1S/C11H17NOS/c1-4-11(14-12(2)3)13-10-8-6-5-7-9-10/h5-9,11H,4H2,1-3H3. The van der Waals surface area contributed by atoms with Gasteiger partial charge in [-0.1, -0.05) is 25.1 Å². The van der Waals surface area contributed by atoms with Gasteiger partial charge in [0.1, 0.15) is 5.75 Å². The lowest BCUT2D eigenvalue weighted by Gasteiger charge is -2.19. The van der Waals surface area contributed by atoms with E-state index < -0.39 is 0 Å². The number of benzene rings is 1. The Hall–Kier alpha value is -0.670. The summed E-state index contributed by atoms with van der Waals surface area (Å²) >= 11 is 1.71. The predicted molar refractivity (Wildman–Crippen MR) is 62.4 cm³/mol. The van der Waals surface area contributed by atoms with Gasteiger partial charge in [-0.3, -0.25) is 4.31 Å². The Morgan fingerprint density at radius 2 is 1.93 bits per heavy atom. The Balaban J connectivity index is 2.48. The highest BCUT2D eigenvalue weighted by Crippen LogP contribution is 2.21. The van der Waals surface area contributed by atoms with E-state index in [2.05, 4.69) is 11.2 Å². The van der Waals surface area contributed by atoms with Crippen molar-refractivity contribution in [1.82, 2.24) is 4.31 Å². The molecule has 0 heterocycles. The van der Waals surface area contributed by atoms with Crippen molar-refractivity contribution >= 4 is 11.9 Å². The topological polar surface area (TPSA) is 12.5 Å². The van der Waals surface area contributed by atoms with E-state index in [0.717, 1.165) is 12.2 Å². The molecular formula is C11H17NOS. The zero-order valence-corrected chi connectivity index (χ0v) is 9.75. The first kappa shape index (κ1) is 11.4. The molecule has 0 N–H and O–H groups in total. The molecule has 0 fully saturated rings. The summed E-state index contributed by atoms with van der Waals surface area (Å²) in [5.74, 6) is 0.939. The molecule has 14 heavy (non-hydrogen) atoms. The summed E-state index contributed by atoms with van der Waals surface area (Å²) in [6.45, 7) is 2.13. The van der Waals surface area contributed by atoms with Crippen LogP contribution in [0.5, 0.6) is 5.75 Å². The first-order chi connectivity index (χ1) is 6.72. The maximum Gasteiger partial charge on any atom is 0.158 e. The first-order valence-electron chi connectivity index (χ1n) is 4.78. The second kappa shape index (κ2) is 5.94. The molecule has 0 aliphatic rings. The summed E-state index contributed by atoms with van der Waals surface area (Å²) in [6, 6.07) is 9.94. The molecule has 0 aromatic heterocycles. The summed E-state index contributed by atoms with van der Waals surface area (Å²) in [6.07, 6.45) is 0.998. The van der Waals surface area contributed by atoms with Gasteiger partial charge in [-0.2, -0.15) is 0 Å². The summed E-state index contributed by atoms with van der Waals surface area (Å²) in [4.78, 5) is 0. The van der Waals surface area contributed by atoms with Gasteiger partial charge in [0, 0.05) is 0 Å². The van der Waals surface area contributed by atoms with E-state index in [4.69, 9.17) is 4.74 Å². The van der Waals surface area contributed by atoms with Gasteiger partial charge >= 0.3 is 0 Å². The van der Waals surface area contributed by atoms with Gasteiger partial charge in [0.15, 0.2) is 5.44 Å². The number of para-hydroxylation sites is 1. The van der Waals surface area contributed by atoms with Gasteiger partial charge in [-0.05, 0) is 44.6 Å². The van der Waals surface area contributed by atoms with Crippen LogP contribution in [-0.2, 0) is 0 Å². The molecule has 3 heteroatoms. The van der Waals surface area contributed by atoms with Crippen molar-refractivity contribution in [2.45, 2.75) is 18.8 Å². The molecule has 0 saturated carbocycles. The lowest BCUT2D eigenvalue weighted by Crippen LogP contribution is -2.16. The molecular weight excluding hydrogens is 194 g/mol. The fourth-order valence-electron chi connectivity index (χ4n) is 1.07. The highest BCUT2D eigenvalue weighted by molar-refractivity contribution is 7.97. The third-order valence-electron chi connectivity index (χ3n) is 1.67. The van der Waals surface area contributed by atoms with Crippen LogP contribution in [0, 0.1) is 0 Å². The smallest absolute Gasteiger partial charge is 0.158 e. The van der Waals surface area contributed by atoms with Crippen molar-refractivity contribution in [3.63, 3.8) is 0 Å². The fraction of sp³-hybridized carbons (Fsp3) is 0.455. The number of ether oxygens (including phenoxy) is 1. The van der Waals surface area contributed by atoms with Gasteiger partial charge < -0.3 is 4.74 Å². The molecule has 1 rings (SSSR count). The van der Waals surface area contributed by atoms with Crippen molar-refractivity contribution in [3.8, 4) is 5.75 Å². The zero-order chi connectivity index (χ0) is 10.4. The Morgan fingerprint density at radius 3 is 2.43 bits per heavy atom. The molecule has 0 aliphatic carbocycles. The second-order valence-corrected chi connectivity index (χ2v) is 4.65. The van der Waals surface area contributed by atoms with E-state index in [1.165, 1.54) is 0 Å². The van der Waals surface area contributed by atoms with E-state index in [1.54, 1.807) is 11.9 Å². The number of hydrogen-bond donors (Lipinski definition) is 0. The number of rotatable bonds is 5. The minimum absolute atomic E-state index is 0.201. The highest BCUT2D eigenvalue weighted by Gasteiger charge is 2.09. The first-order valence-corrected chi connectivity index (χ1v) is 5.62. The molecule has 1 aromatic carbocycles. The van der Waals surface area contributed by atoms with Crippen molar-refractivity contribution in [2.75, 3.05) is 14.1 Å². The van der Waals surface area contributed by atoms with E-state index >= 15 is 0 Å². The van der Waals surface area contributed by atoms with Crippen LogP contribution in [0.25, 0.3) is 0 Å². The van der Waals surface area contributed by atoms with E-state index in [1.807, 2.05) is 44.4 Å². The zero-order valence-electron chi connectivity index (χ0n) is 8.93. The van der Waals surface area contributed by atoms with Crippen LogP contribution in [-0.4, -0.2) is 23.8 Å². The Kier molecular flexibility index (Phi) is 4.84. The Bertz CT molecular complexity index is 251. The predicted octanol–water partition coefficient (Wildman–Crippen LogP) is 3.01. The monoisotopic (exact) mass is 211 g/mol. The molecule has 0 radical (unpaired) electrons. The summed E-state index contributed by atoms with van der Waals surface area (Å²) in [5.41, 5.74) is 0.201. The molecule has 0 saturated heterocycles. The average molecular weight is 211 g/mol. The SMILES string of the molecule is CCC(Oc1ccccc1)SN(C)C. The summed E-state index contributed by atoms with van der Waals surface area (Å²) < 4.78 is 7.86. The van der Waals surface area contributed by atoms with Crippen LogP contribution in [0.1, 0.15) is 13.3 Å². The third kappa shape index (κ3) is 4.03. The highest BCUT2D eigenvalue weighted by atomic mass is 32.2. The summed E-state index contributed by atoms with van der Waals surface area (Å²) in [7, 11) is 4.06. The molecule has 0 spiro atoms. The minimum atomic E-state index is 0.201. The van der Waals surface area contributed by atoms with Crippen LogP contribution < -0.4 is 4.74 Å². The van der Waals surface area contributed by atoms with Gasteiger partial charge in [-0.15, -0.1) is 0 Å². The fourth-order valence-corrected chi connectivity index (χ4v) is 1.84. The van der Waals surface area contributed by atoms with Crippen LogP contribution in [0.4, 0.5) is 0 Å². The number of nitrogens with zero attached hydrogens (tertiary/aromatic N) is 1. The molecule has 0 bridgehead atoms. The Labute approximate surface area is 90.4 Å². The second-order valence-electron chi connectivity index (χ2n) is 3.19. The van der Waals surface area contributed by atoms with Crippen LogP contribution in [0.2, 0.25) is 0 Å².